The average Bonchev–Trinajstić information content (AvgIpc) is 2.85. The van der Waals surface area contributed by atoms with Crippen LogP contribution in [0.4, 0.5) is 0 Å². The van der Waals surface area contributed by atoms with Gasteiger partial charge in [-0.25, -0.2) is 0 Å². The minimum atomic E-state index is -0.289. The van der Waals surface area contributed by atoms with E-state index in [4.69, 9.17) is 4.11 Å². The third-order valence-electron chi connectivity index (χ3n) is 1.65. The lowest BCUT2D eigenvalue weighted by Crippen LogP contribution is -1.80. The van der Waals surface area contributed by atoms with Crippen LogP contribution in [0.2, 0.25) is 0 Å². The highest BCUT2D eigenvalue weighted by molar-refractivity contribution is 5.34. The maximum absolute atomic E-state index is 9.46. The second-order valence-electron chi connectivity index (χ2n) is 2.50. The fraction of sp³-hybridized carbons (Fsp3) is 0.375. The van der Waals surface area contributed by atoms with Gasteiger partial charge < -0.3 is 5.11 Å². The zero-order chi connectivity index (χ0) is 9.59. The Kier molecular flexibility index (Phi) is 0.666. The average molecular weight is 138 g/mol. The van der Waals surface area contributed by atoms with E-state index in [2.05, 4.69) is 4.98 Å². The molecule has 0 aromatic carbocycles. The first-order chi connectivity index (χ1) is 6.11. The zero-order valence-corrected chi connectivity index (χ0v) is 5.39. The monoisotopic (exact) mass is 138 g/mol. The van der Waals surface area contributed by atoms with E-state index in [-0.39, 0.29) is 30.1 Å². The quantitative estimate of drug-likeness (QED) is 0.640. The van der Waals surface area contributed by atoms with Gasteiger partial charge in [0.15, 0.2) is 0 Å². The van der Waals surface area contributed by atoms with Crippen molar-refractivity contribution in [1.29, 1.82) is 0 Å². The van der Waals surface area contributed by atoms with Gasteiger partial charge in [-0.3, -0.25) is 4.98 Å². The molecule has 1 aliphatic rings. The van der Waals surface area contributed by atoms with Crippen molar-refractivity contribution in [3.63, 3.8) is 0 Å². The Bertz CT molecular complexity index is 337. The number of aromatic hydroxyl groups is 1. The smallest absolute Gasteiger partial charge is 0.137 e. The molecule has 0 radical (unpaired) electrons. The van der Waals surface area contributed by atoms with Crippen molar-refractivity contribution in [1.82, 2.24) is 4.98 Å². The summed E-state index contributed by atoms with van der Waals surface area (Å²) in [5.74, 6) is -0.0489. The van der Waals surface area contributed by atoms with E-state index in [1.54, 1.807) is 0 Å². The Hall–Kier alpha value is -1.05. The van der Waals surface area contributed by atoms with Crippen molar-refractivity contribution in [3.05, 3.63) is 24.0 Å². The van der Waals surface area contributed by atoms with Gasteiger partial charge in [0.2, 0.25) is 0 Å². The molecular formula is C8H9NO. The number of pyridine rings is 1. The summed E-state index contributed by atoms with van der Waals surface area (Å²) in [5, 5.41) is 9.46. The summed E-state index contributed by atoms with van der Waals surface area (Å²) in [4.78, 5) is 3.44. The lowest BCUT2D eigenvalue weighted by atomic mass is 10.2. The molecule has 2 heteroatoms. The minimum Gasteiger partial charge on any atom is -0.506 e. The van der Waals surface area contributed by atoms with Gasteiger partial charge in [-0.2, -0.15) is 0 Å². The molecule has 1 aromatic heterocycles. The second kappa shape index (κ2) is 1.97. The van der Waals surface area contributed by atoms with Crippen molar-refractivity contribution >= 4 is 0 Å². The maximum Gasteiger partial charge on any atom is 0.137 e. The molecule has 0 saturated heterocycles. The van der Waals surface area contributed by atoms with Gasteiger partial charge in [0, 0.05) is 11.7 Å². The van der Waals surface area contributed by atoms with E-state index in [0.717, 1.165) is 12.8 Å². The molecule has 0 atom stereocenters. The third-order valence-corrected chi connectivity index (χ3v) is 1.65. The summed E-state index contributed by atoms with van der Waals surface area (Å²) >= 11 is 0. The highest BCUT2D eigenvalue weighted by Gasteiger charge is 2.25. The van der Waals surface area contributed by atoms with Crippen molar-refractivity contribution in [2.24, 2.45) is 0 Å². The molecule has 1 aliphatic carbocycles. The van der Waals surface area contributed by atoms with Crippen LogP contribution < -0.4 is 0 Å². The normalized spacial score (nSPS) is 21.4. The highest BCUT2D eigenvalue weighted by atomic mass is 16.3. The molecule has 52 valence electrons. The van der Waals surface area contributed by atoms with E-state index < -0.39 is 0 Å². The lowest BCUT2D eigenvalue weighted by molar-refractivity contribution is 0.465. The van der Waals surface area contributed by atoms with Crippen LogP contribution in [0.3, 0.4) is 0 Å². The van der Waals surface area contributed by atoms with Crippen molar-refractivity contribution < 1.29 is 9.22 Å². The molecular weight excluding hydrogens is 126 g/mol. The molecule has 0 amide bonds. The van der Waals surface area contributed by atoms with Crippen LogP contribution in [0.25, 0.3) is 0 Å². The maximum atomic E-state index is 9.46. The molecule has 0 aliphatic heterocycles. The SMILES string of the molecule is [2H]c1nc([2H])c(O)c(C2CC2)c1[2H]. The Morgan fingerprint density at radius 3 is 3.20 bits per heavy atom. The van der Waals surface area contributed by atoms with Crippen molar-refractivity contribution in [2.45, 2.75) is 18.8 Å². The van der Waals surface area contributed by atoms with Gasteiger partial charge in [-0.05, 0) is 24.8 Å². The predicted octanol–water partition coefficient (Wildman–Crippen LogP) is 1.66. The first-order valence-corrected chi connectivity index (χ1v) is 3.28. The van der Waals surface area contributed by atoms with Crippen LogP contribution in [0, 0.1) is 0 Å². The fourth-order valence-electron chi connectivity index (χ4n) is 0.956. The molecule has 1 heterocycles. The molecule has 0 spiro atoms. The number of aromatic nitrogens is 1. The Balaban J connectivity index is 2.62. The summed E-state index contributed by atoms with van der Waals surface area (Å²) in [7, 11) is 0. The molecule has 0 unspecified atom stereocenters. The highest BCUT2D eigenvalue weighted by Crippen LogP contribution is 2.43. The minimum absolute atomic E-state index is 0.0315. The van der Waals surface area contributed by atoms with Gasteiger partial charge in [0.05, 0.1) is 10.3 Å². The topological polar surface area (TPSA) is 33.1 Å². The molecule has 1 N–H and O–H groups in total. The van der Waals surface area contributed by atoms with Crippen LogP contribution in [-0.2, 0) is 0 Å². The predicted molar refractivity (Wildman–Crippen MR) is 37.9 cm³/mol. The second-order valence-corrected chi connectivity index (χ2v) is 2.50. The summed E-state index contributed by atoms with van der Waals surface area (Å²) in [6, 6.07) is -0.0315. The van der Waals surface area contributed by atoms with Crippen molar-refractivity contribution in [2.75, 3.05) is 0 Å². The van der Waals surface area contributed by atoms with Gasteiger partial charge in [-0.15, -0.1) is 0 Å². The molecule has 2 nitrogen and oxygen atoms in total. The number of hydrogen-bond donors (Lipinski definition) is 1. The Morgan fingerprint density at radius 1 is 1.70 bits per heavy atom. The summed E-state index contributed by atoms with van der Waals surface area (Å²) < 4.78 is 22.1. The van der Waals surface area contributed by atoms with Crippen LogP contribution in [0.1, 0.15) is 28.4 Å². The van der Waals surface area contributed by atoms with Crippen LogP contribution in [-0.4, -0.2) is 10.1 Å². The summed E-state index contributed by atoms with van der Waals surface area (Å²) in [5.41, 5.74) is 0.435. The van der Waals surface area contributed by atoms with Crippen LogP contribution in [0.15, 0.2) is 18.4 Å². The van der Waals surface area contributed by atoms with Crippen LogP contribution in [0.5, 0.6) is 5.75 Å². The number of nitrogens with zero attached hydrogens (tertiary/aromatic N) is 1. The molecule has 1 saturated carbocycles. The summed E-state index contributed by atoms with van der Waals surface area (Å²) in [6.07, 6.45) is 1.36. The molecule has 1 fully saturated rings. The molecule has 10 heavy (non-hydrogen) atoms. The van der Waals surface area contributed by atoms with E-state index in [9.17, 15) is 5.11 Å². The molecule has 0 bridgehead atoms. The van der Waals surface area contributed by atoms with Crippen molar-refractivity contribution in [3.8, 4) is 5.75 Å². The van der Waals surface area contributed by atoms with E-state index >= 15 is 0 Å². The van der Waals surface area contributed by atoms with E-state index in [1.165, 1.54) is 0 Å². The number of hydrogen-bond acceptors (Lipinski definition) is 2. The van der Waals surface area contributed by atoms with Gasteiger partial charge >= 0.3 is 0 Å². The van der Waals surface area contributed by atoms with E-state index in [1.807, 2.05) is 0 Å². The Morgan fingerprint density at radius 2 is 2.50 bits per heavy atom. The third kappa shape index (κ3) is 0.856. The molecule has 2 rings (SSSR count). The van der Waals surface area contributed by atoms with Crippen LogP contribution >= 0.6 is 0 Å². The largest absolute Gasteiger partial charge is 0.506 e. The first-order valence-electron chi connectivity index (χ1n) is 4.78. The van der Waals surface area contributed by atoms with Gasteiger partial charge in [-0.1, -0.05) is 0 Å². The first kappa shape index (κ1) is 3.37. The molecule has 1 aromatic rings. The van der Waals surface area contributed by atoms with E-state index in [0.29, 0.717) is 5.56 Å². The standard InChI is InChI=1S/C8H9NO/c10-8-5-9-4-3-7(8)6-1-2-6/h3-6,10H,1-2H2/i3D,4D,5D. The fourth-order valence-corrected chi connectivity index (χ4v) is 0.956. The lowest BCUT2D eigenvalue weighted by Gasteiger charge is -1.98. The Labute approximate surface area is 63.7 Å². The number of rotatable bonds is 1. The zero-order valence-electron chi connectivity index (χ0n) is 8.39. The van der Waals surface area contributed by atoms with Gasteiger partial charge in [0.1, 0.15) is 5.75 Å². The summed E-state index contributed by atoms with van der Waals surface area (Å²) in [6.45, 7) is 0. The van der Waals surface area contributed by atoms with Gasteiger partial charge in [0.25, 0.3) is 0 Å².